The zero-order valence-corrected chi connectivity index (χ0v) is 25.1. The van der Waals surface area contributed by atoms with Gasteiger partial charge in [-0.25, -0.2) is 9.59 Å². The van der Waals surface area contributed by atoms with Gasteiger partial charge in [0.2, 0.25) is 0 Å². The first kappa shape index (κ1) is 28.7. The summed E-state index contributed by atoms with van der Waals surface area (Å²) >= 11 is 3.61. The van der Waals surface area contributed by atoms with Crippen LogP contribution in [0.4, 0.5) is 10.5 Å². The SMILES string of the molecule is COC(=O)c1c(C)[nH]c2c(OC(=O)N3CCN(C)CC3)cc3c(c12)C(CBr)CN3C(=O)/C=C/c1ccc(OC)cc1. The maximum absolute atomic E-state index is 13.6. The lowest BCUT2D eigenvalue weighted by atomic mass is 9.95. The quantitative estimate of drug-likeness (QED) is 0.244. The maximum atomic E-state index is 13.6. The molecule has 3 aromatic rings. The second kappa shape index (κ2) is 12.0. The number of ether oxygens (including phenoxy) is 3. The summed E-state index contributed by atoms with van der Waals surface area (Å²) in [6.07, 6.45) is 2.79. The minimum Gasteiger partial charge on any atom is -0.497 e. The average Bonchev–Trinajstić information content (AvgIpc) is 3.53. The van der Waals surface area contributed by atoms with Crippen molar-refractivity contribution in [3.8, 4) is 11.5 Å². The van der Waals surface area contributed by atoms with E-state index >= 15 is 0 Å². The van der Waals surface area contributed by atoms with Crippen LogP contribution in [-0.4, -0.2) is 92.1 Å². The first-order valence-corrected chi connectivity index (χ1v) is 14.5. The Morgan fingerprint density at radius 1 is 1.10 bits per heavy atom. The van der Waals surface area contributed by atoms with Gasteiger partial charge in [-0.05, 0) is 43.3 Å². The molecule has 2 aliphatic heterocycles. The summed E-state index contributed by atoms with van der Waals surface area (Å²) in [4.78, 5) is 48.5. The van der Waals surface area contributed by atoms with Gasteiger partial charge in [-0.2, -0.15) is 0 Å². The molecule has 3 heterocycles. The minimum absolute atomic E-state index is 0.105. The van der Waals surface area contributed by atoms with Crippen molar-refractivity contribution in [2.24, 2.45) is 0 Å². The van der Waals surface area contributed by atoms with Crippen molar-refractivity contribution < 1.29 is 28.6 Å². The second-order valence-electron chi connectivity index (χ2n) is 10.2. The Hall–Kier alpha value is -3.83. The molecule has 0 bridgehead atoms. The van der Waals surface area contributed by atoms with Crippen molar-refractivity contribution in [2.45, 2.75) is 12.8 Å². The van der Waals surface area contributed by atoms with E-state index < -0.39 is 12.1 Å². The topological polar surface area (TPSA) is 104 Å². The predicted octanol–water partition coefficient (Wildman–Crippen LogP) is 4.56. The largest absolute Gasteiger partial charge is 0.497 e. The molecule has 2 amide bonds. The number of halogens is 1. The number of carbonyl (C=O) groups is 3. The van der Waals surface area contributed by atoms with Crippen LogP contribution in [0.5, 0.6) is 11.5 Å². The summed E-state index contributed by atoms with van der Waals surface area (Å²) in [6.45, 7) is 4.77. The standard InChI is InChI=1S/C30H33BrN4O6/c1-18-25(29(37)40-4)27-26-20(16-31)17-35(24(36)10-7-19-5-8-21(39-3)9-6-19)22(26)15-23(28(27)32-18)41-30(38)34-13-11-33(2)12-14-34/h5-10,15,20,32H,11-14,16-17H2,1-4H3/b10-7+. The van der Waals surface area contributed by atoms with E-state index in [1.165, 1.54) is 13.2 Å². The lowest BCUT2D eigenvalue weighted by Crippen LogP contribution is -2.48. The Balaban J connectivity index is 1.57. The lowest BCUT2D eigenvalue weighted by molar-refractivity contribution is -0.114. The highest BCUT2D eigenvalue weighted by atomic mass is 79.9. The maximum Gasteiger partial charge on any atom is 0.415 e. The highest BCUT2D eigenvalue weighted by molar-refractivity contribution is 9.09. The normalized spacial score (nSPS) is 17.2. The van der Waals surface area contributed by atoms with Gasteiger partial charge in [0.1, 0.15) is 5.75 Å². The van der Waals surface area contributed by atoms with E-state index in [1.54, 1.807) is 36.0 Å². The van der Waals surface area contributed by atoms with Gasteiger partial charge in [-0.15, -0.1) is 0 Å². The van der Waals surface area contributed by atoms with E-state index in [0.717, 1.165) is 30.0 Å². The number of carbonyl (C=O) groups excluding carboxylic acids is 3. The molecule has 1 N–H and O–H groups in total. The van der Waals surface area contributed by atoms with Crippen LogP contribution in [0.25, 0.3) is 17.0 Å². The molecular formula is C30H33BrN4O6. The molecule has 2 aromatic carbocycles. The van der Waals surface area contributed by atoms with E-state index in [1.807, 2.05) is 31.3 Å². The molecule has 0 spiro atoms. The Labute approximate surface area is 246 Å². The fourth-order valence-corrected chi connectivity index (χ4v) is 5.95. The number of hydrogen-bond donors (Lipinski definition) is 1. The third-order valence-corrected chi connectivity index (χ3v) is 8.47. The van der Waals surface area contributed by atoms with Gasteiger partial charge in [0.05, 0.1) is 31.0 Å². The van der Waals surface area contributed by atoms with Gasteiger partial charge < -0.3 is 33.9 Å². The van der Waals surface area contributed by atoms with Crippen molar-refractivity contribution in [2.75, 3.05) is 64.2 Å². The third-order valence-electron chi connectivity index (χ3n) is 7.68. The number of aryl methyl sites for hydroxylation is 1. The van der Waals surface area contributed by atoms with Gasteiger partial charge in [0.15, 0.2) is 5.75 Å². The monoisotopic (exact) mass is 624 g/mol. The summed E-state index contributed by atoms with van der Waals surface area (Å²) in [5.74, 6) is 0.150. The Morgan fingerprint density at radius 3 is 2.44 bits per heavy atom. The predicted molar refractivity (Wildman–Crippen MR) is 160 cm³/mol. The fourth-order valence-electron chi connectivity index (χ4n) is 5.42. The molecule has 1 saturated heterocycles. The van der Waals surface area contributed by atoms with Crippen LogP contribution in [0.3, 0.4) is 0 Å². The molecular weight excluding hydrogens is 592 g/mol. The van der Waals surface area contributed by atoms with Crippen molar-refractivity contribution in [1.82, 2.24) is 14.8 Å². The number of piperazine rings is 1. The molecule has 1 aromatic heterocycles. The summed E-state index contributed by atoms with van der Waals surface area (Å²) < 4.78 is 16.3. The van der Waals surface area contributed by atoms with Crippen LogP contribution >= 0.6 is 15.9 Å². The number of benzene rings is 2. The number of nitrogens with zero attached hydrogens (tertiary/aromatic N) is 3. The van der Waals surface area contributed by atoms with Crippen LogP contribution in [0.1, 0.15) is 33.1 Å². The van der Waals surface area contributed by atoms with E-state index in [-0.39, 0.29) is 17.6 Å². The molecule has 0 saturated carbocycles. The Kier molecular flexibility index (Phi) is 8.37. The number of nitrogens with one attached hydrogen (secondary N) is 1. The number of anilines is 1. The molecule has 10 nitrogen and oxygen atoms in total. The second-order valence-corrected chi connectivity index (χ2v) is 10.9. The zero-order chi connectivity index (χ0) is 29.3. The van der Waals surface area contributed by atoms with Gasteiger partial charge >= 0.3 is 12.1 Å². The van der Waals surface area contributed by atoms with Gasteiger partial charge in [0.25, 0.3) is 5.91 Å². The highest BCUT2D eigenvalue weighted by Gasteiger charge is 2.37. The van der Waals surface area contributed by atoms with E-state index in [0.29, 0.717) is 52.8 Å². The molecule has 1 fully saturated rings. The number of methoxy groups -OCH3 is 2. The minimum atomic E-state index is -0.504. The number of alkyl halides is 1. The fraction of sp³-hybridized carbons (Fsp3) is 0.367. The van der Waals surface area contributed by atoms with Crippen LogP contribution in [0.2, 0.25) is 0 Å². The number of aromatic nitrogens is 1. The highest BCUT2D eigenvalue weighted by Crippen LogP contribution is 2.47. The van der Waals surface area contributed by atoms with Gasteiger partial charge in [-0.3, -0.25) is 4.79 Å². The first-order chi connectivity index (χ1) is 19.7. The Morgan fingerprint density at radius 2 is 1.80 bits per heavy atom. The summed E-state index contributed by atoms with van der Waals surface area (Å²) in [5, 5.41) is 1.17. The summed E-state index contributed by atoms with van der Waals surface area (Å²) in [6, 6.07) is 9.12. The van der Waals surface area contributed by atoms with Crippen LogP contribution < -0.4 is 14.4 Å². The summed E-state index contributed by atoms with van der Waals surface area (Å²) in [7, 11) is 4.95. The van der Waals surface area contributed by atoms with Gasteiger partial charge in [-0.1, -0.05) is 28.1 Å². The number of hydrogen-bond acceptors (Lipinski definition) is 7. The average molecular weight is 626 g/mol. The van der Waals surface area contributed by atoms with Crippen molar-refractivity contribution in [1.29, 1.82) is 0 Å². The van der Waals surface area contributed by atoms with E-state index in [9.17, 15) is 14.4 Å². The van der Waals surface area contributed by atoms with Crippen LogP contribution in [0.15, 0.2) is 36.4 Å². The number of H-pyrrole nitrogens is 1. The number of likely N-dealkylation sites (N-methyl/N-ethyl adjacent to an activating group) is 1. The number of amides is 2. The third kappa shape index (κ3) is 5.56. The molecule has 0 aliphatic carbocycles. The van der Waals surface area contributed by atoms with Crippen molar-refractivity contribution in [3.05, 3.63) is 58.8 Å². The molecule has 1 unspecified atom stereocenters. The molecule has 0 radical (unpaired) electrons. The first-order valence-electron chi connectivity index (χ1n) is 13.4. The molecule has 11 heteroatoms. The van der Waals surface area contributed by atoms with Crippen LogP contribution in [0, 0.1) is 6.92 Å². The van der Waals surface area contributed by atoms with Crippen molar-refractivity contribution >= 4 is 56.6 Å². The smallest absolute Gasteiger partial charge is 0.415 e. The number of fused-ring (bicyclic) bond motifs is 3. The zero-order valence-electron chi connectivity index (χ0n) is 23.5. The summed E-state index contributed by atoms with van der Waals surface area (Å²) in [5.41, 5.74) is 3.75. The Bertz CT molecular complexity index is 1510. The molecule has 41 heavy (non-hydrogen) atoms. The number of esters is 1. The molecule has 2 aliphatic rings. The van der Waals surface area contributed by atoms with E-state index in [4.69, 9.17) is 14.2 Å². The molecule has 5 rings (SSSR count). The lowest BCUT2D eigenvalue weighted by Gasteiger charge is -2.31. The molecule has 1 atom stereocenters. The number of rotatable bonds is 6. The van der Waals surface area contributed by atoms with Crippen LogP contribution in [-0.2, 0) is 9.53 Å². The number of aromatic amines is 1. The van der Waals surface area contributed by atoms with E-state index in [2.05, 4.69) is 25.8 Å². The molecule has 216 valence electrons. The van der Waals surface area contributed by atoms with Crippen molar-refractivity contribution in [3.63, 3.8) is 0 Å². The van der Waals surface area contributed by atoms with Gasteiger partial charge in [0, 0.05) is 67.2 Å².